The highest BCUT2D eigenvalue weighted by Crippen LogP contribution is 2.27. The van der Waals surface area contributed by atoms with Crippen molar-refractivity contribution in [2.45, 2.75) is 12.8 Å². The van der Waals surface area contributed by atoms with Crippen molar-refractivity contribution in [1.82, 2.24) is 5.32 Å². The Balaban J connectivity index is 1.74. The quantitative estimate of drug-likeness (QED) is 0.449. The Hall–Kier alpha value is 0.250. The first-order valence-corrected chi connectivity index (χ1v) is 3.73. The molecule has 1 aliphatic rings. The predicted octanol–water partition coefficient (Wildman–Crippen LogP) is 1.22. The predicted molar refractivity (Wildman–Crippen MR) is 36.3 cm³/mol. The highest BCUT2D eigenvalue weighted by atomic mass is 35.5. The van der Waals surface area contributed by atoms with Crippen molar-refractivity contribution in [2.75, 3.05) is 19.0 Å². The summed E-state index contributed by atoms with van der Waals surface area (Å²) in [4.78, 5) is 0. The Morgan fingerprint density at radius 2 is 2.25 bits per heavy atom. The van der Waals surface area contributed by atoms with E-state index in [1.54, 1.807) is 0 Å². The molecule has 48 valence electrons. The summed E-state index contributed by atoms with van der Waals surface area (Å²) in [5, 5.41) is 3.27. The van der Waals surface area contributed by atoms with Gasteiger partial charge in [0.05, 0.1) is 0 Å². The van der Waals surface area contributed by atoms with Crippen molar-refractivity contribution >= 4 is 11.6 Å². The zero-order chi connectivity index (χ0) is 5.82. The zero-order valence-corrected chi connectivity index (χ0v) is 5.75. The van der Waals surface area contributed by atoms with E-state index >= 15 is 0 Å². The maximum Gasteiger partial charge on any atom is 0.0348 e. The summed E-state index contributed by atoms with van der Waals surface area (Å²) in [6.45, 7) is 2.16. The van der Waals surface area contributed by atoms with E-state index in [9.17, 15) is 0 Å². The molecule has 0 aromatic rings. The number of rotatable bonds is 4. The molecule has 1 rings (SSSR count). The van der Waals surface area contributed by atoms with E-state index in [1.807, 2.05) is 0 Å². The minimum Gasteiger partial charge on any atom is -0.315 e. The van der Waals surface area contributed by atoms with Crippen LogP contribution in [0.25, 0.3) is 0 Å². The summed E-state index contributed by atoms with van der Waals surface area (Å²) in [6.07, 6.45) is 2.85. The standard InChI is InChI=1S/C6H12ClN/c7-3-4-8-5-6-1-2-6/h6,8H,1-5H2. The van der Waals surface area contributed by atoms with Crippen LogP contribution in [0.4, 0.5) is 0 Å². The van der Waals surface area contributed by atoms with Gasteiger partial charge in [-0.25, -0.2) is 0 Å². The monoisotopic (exact) mass is 133 g/mol. The van der Waals surface area contributed by atoms with Crippen molar-refractivity contribution in [3.63, 3.8) is 0 Å². The van der Waals surface area contributed by atoms with Gasteiger partial charge in [0, 0.05) is 12.4 Å². The van der Waals surface area contributed by atoms with Crippen molar-refractivity contribution in [1.29, 1.82) is 0 Å². The minimum atomic E-state index is 0.743. The van der Waals surface area contributed by atoms with Crippen molar-refractivity contribution in [3.05, 3.63) is 0 Å². The van der Waals surface area contributed by atoms with Crippen LogP contribution in [0.15, 0.2) is 0 Å². The number of halogens is 1. The third-order valence-corrected chi connectivity index (χ3v) is 1.59. The lowest BCUT2D eigenvalue weighted by Crippen LogP contribution is -2.18. The Morgan fingerprint density at radius 3 is 2.75 bits per heavy atom. The molecular formula is C6H12ClN. The molecular weight excluding hydrogens is 122 g/mol. The lowest BCUT2D eigenvalue weighted by atomic mass is 10.4. The molecule has 0 heterocycles. The molecule has 0 aromatic heterocycles. The van der Waals surface area contributed by atoms with Gasteiger partial charge in [0.1, 0.15) is 0 Å². The molecule has 0 radical (unpaired) electrons. The molecule has 0 bridgehead atoms. The Kier molecular flexibility index (Phi) is 2.64. The molecule has 2 heteroatoms. The van der Waals surface area contributed by atoms with Gasteiger partial charge in [-0.15, -0.1) is 11.6 Å². The second kappa shape index (κ2) is 3.31. The molecule has 0 saturated heterocycles. The van der Waals surface area contributed by atoms with Gasteiger partial charge in [0.25, 0.3) is 0 Å². The van der Waals surface area contributed by atoms with Gasteiger partial charge in [0.15, 0.2) is 0 Å². The third-order valence-electron chi connectivity index (χ3n) is 1.40. The maximum atomic E-state index is 5.44. The largest absolute Gasteiger partial charge is 0.315 e. The molecule has 0 aromatic carbocycles. The molecule has 8 heavy (non-hydrogen) atoms. The third kappa shape index (κ3) is 2.53. The van der Waals surface area contributed by atoms with Gasteiger partial charge in [-0.2, -0.15) is 0 Å². The van der Waals surface area contributed by atoms with Crippen LogP contribution in [-0.2, 0) is 0 Å². The maximum absolute atomic E-state index is 5.44. The zero-order valence-electron chi connectivity index (χ0n) is 4.99. The summed E-state index contributed by atoms with van der Waals surface area (Å²) in [6, 6.07) is 0. The topological polar surface area (TPSA) is 12.0 Å². The summed E-state index contributed by atoms with van der Waals surface area (Å²) in [5.41, 5.74) is 0. The molecule has 1 fully saturated rings. The van der Waals surface area contributed by atoms with Crippen LogP contribution in [0.3, 0.4) is 0 Å². The fourth-order valence-electron chi connectivity index (χ4n) is 0.695. The Labute approximate surface area is 55.4 Å². The molecule has 0 unspecified atom stereocenters. The molecule has 1 N–H and O–H groups in total. The average molecular weight is 134 g/mol. The van der Waals surface area contributed by atoms with Crippen molar-refractivity contribution < 1.29 is 0 Å². The first-order chi connectivity index (χ1) is 3.93. The van der Waals surface area contributed by atoms with E-state index in [4.69, 9.17) is 11.6 Å². The molecule has 1 nitrogen and oxygen atoms in total. The summed E-state index contributed by atoms with van der Waals surface area (Å²) in [5.74, 6) is 1.73. The molecule has 0 amide bonds. The second-order valence-electron chi connectivity index (χ2n) is 2.34. The Morgan fingerprint density at radius 1 is 1.50 bits per heavy atom. The molecule has 0 spiro atoms. The van der Waals surface area contributed by atoms with Gasteiger partial charge in [-0.05, 0) is 25.3 Å². The SMILES string of the molecule is ClCCNCC1CC1. The smallest absolute Gasteiger partial charge is 0.0348 e. The van der Waals surface area contributed by atoms with E-state index in [-0.39, 0.29) is 0 Å². The average Bonchev–Trinajstić information content (AvgIpc) is 2.51. The van der Waals surface area contributed by atoms with Crippen LogP contribution in [-0.4, -0.2) is 19.0 Å². The van der Waals surface area contributed by atoms with Gasteiger partial charge >= 0.3 is 0 Å². The number of hydrogen-bond donors (Lipinski definition) is 1. The molecule has 1 aliphatic carbocycles. The van der Waals surface area contributed by atoms with E-state index in [0.717, 1.165) is 18.3 Å². The summed E-state index contributed by atoms with van der Waals surface area (Å²) < 4.78 is 0. The van der Waals surface area contributed by atoms with Crippen molar-refractivity contribution in [2.24, 2.45) is 5.92 Å². The van der Waals surface area contributed by atoms with Gasteiger partial charge in [-0.3, -0.25) is 0 Å². The van der Waals surface area contributed by atoms with Crippen LogP contribution in [0.1, 0.15) is 12.8 Å². The van der Waals surface area contributed by atoms with E-state index in [0.29, 0.717) is 0 Å². The van der Waals surface area contributed by atoms with Crippen molar-refractivity contribution in [3.8, 4) is 0 Å². The minimum absolute atomic E-state index is 0.743. The van der Waals surface area contributed by atoms with Gasteiger partial charge < -0.3 is 5.32 Å². The molecule has 0 aliphatic heterocycles. The Bertz CT molecular complexity index is 61.5. The fraction of sp³-hybridized carbons (Fsp3) is 1.00. The van der Waals surface area contributed by atoms with Crippen LogP contribution < -0.4 is 5.32 Å². The number of hydrogen-bond acceptors (Lipinski definition) is 1. The van der Waals surface area contributed by atoms with E-state index in [2.05, 4.69) is 5.32 Å². The lowest BCUT2D eigenvalue weighted by Gasteiger charge is -1.96. The highest BCUT2D eigenvalue weighted by molar-refractivity contribution is 6.18. The normalized spacial score (nSPS) is 19.1. The van der Waals surface area contributed by atoms with Crippen LogP contribution >= 0.6 is 11.6 Å². The van der Waals surface area contributed by atoms with Gasteiger partial charge in [-0.1, -0.05) is 0 Å². The molecule has 0 atom stereocenters. The highest BCUT2D eigenvalue weighted by Gasteiger charge is 2.19. The van der Waals surface area contributed by atoms with E-state index in [1.165, 1.54) is 19.4 Å². The number of nitrogens with one attached hydrogen (secondary N) is 1. The second-order valence-corrected chi connectivity index (χ2v) is 2.71. The van der Waals surface area contributed by atoms with Gasteiger partial charge in [0.2, 0.25) is 0 Å². The lowest BCUT2D eigenvalue weighted by molar-refractivity contribution is 0.664. The summed E-state index contributed by atoms with van der Waals surface area (Å²) in [7, 11) is 0. The fourth-order valence-corrected chi connectivity index (χ4v) is 0.829. The van der Waals surface area contributed by atoms with Crippen LogP contribution in [0, 0.1) is 5.92 Å². The van der Waals surface area contributed by atoms with Crippen LogP contribution in [0.2, 0.25) is 0 Å². The first-order valence-electron chi connectivity index (χ1n) is 3.20. The van der Waals surface area contributed by atoms with Crippen LogP contribution in [0.5, 0.6) is 0 Å². The molecule has 1 saturated carbocycles. The number of alkyl halides is 1. The summed E-state index contributed by atoms with van der Waals surface area (Å²) >= 11 is 5.44. The first kappa shape index (κ1) is 6.37. The van der Waals surface area contributed by atoms with E-state index < -0.39 is 0 Å².